The Hall–Kier alpha value is -6.75. The molecule has 21 nitrogen and oxygen atoms in total. The van der Waals surface area contributed by atoms with Gasteiger partial charge in [0.15, 0.2) is 0 Å². The lowest BCUT2D eigenvalue weighted by molar-refractivity contribution is -0.133. The number of nitrogens with one attached hydrogen (secondary N) is 6. The molecule has 5 aromatic rings. The fourth-order valence-corrected chi connectivity index (χ4v) is 12.4. The van der Waals surface area contributed by atoms with Crippen molar-refractivity contribution in [3.05, 3.63) is 123 Å². The highest BCUT2D eigenvalue weighted by molar-refractivity contribution is 6.30. The van der Waals surface area contributed by atoms with E-state index in [0.717, 1.165) is 84.6 Å². The molecular formula is C62H85ClN14O7. The Morgan fingerprint density at radius 2 is 1.64 bits per heavy atom. The minimum atomic E-state index is -0.580. The number of ether oxygens (including phenoxy) is 2. The van der Waals surface area contributed by atoms with Crippen molar-refractivity contribution < 1.29 is 33.8 Å². The molecule has 5 atom stereocenters. The Morgan fingerprint density at radius 3 is 2.44 bits per heavy atom. The Kier molecular flexibility index (Phi) is 22.7. The van der Waals surface area contributed by atoms with Crippen molar-refractivity contribution >= 4 is 41.0 Å². The van der Waals surface area contributed by atoms with E-state index in [1.165, 1.54) is 18.3 Å². The number of hydrogen-bond donors (Lipinski definition) is 7. The molecule has 84 heavy (non-hydrogen) atoms. The summed E-state index contributed by atoms with van der Waals surface area (Å²) < 4.78 is 12.9. The monoisotopic (exact) mass is 1170 g/mol. The number of nitrogens with zero attached hydrogens (tertiary/aromatic N) is 8. The minimum Gasteiger partial charge on any atom is -0.497 e. The number of halogens is 1. The van der Waals surface area contributed by atoms with Crippen LogP contribution in [0.1, 0.15) is 128 Å². The maximum absolute atomic E-state index is 14.1. The van der Waals surface area contributed by atoms with Crippen molar-refractivity contribution in [1.29, 1.82) is 0 Å². The van der Waals surface area contributed by atoms with Gasteiger partial charge in [-0.1, -0.05) is 85.5 Å². The molecule has 3 fully saturated rings. The third kappa shape index (κ3) is 16.8. The van der Waals surface area contributed by atoms with Gasteiger partial charge in [0.1, 0.15) is 29.3 Å². The number of likely N-dealkylation sites (tertiary alicyclic amines) is 1. The van der Waals surface area contributed by atoms with Gasteiger partial charge in [-0.3, -0.25) is 23.9 Å². The number of carbonyl (C=O) groups is 4. The third-order valence-corrected chi connectivity index (χ3v) is 17.1. The summed E-state index contributed by atoms with van der Waals surface area (Å²) >= 11 is 6.23. The number of carbonyl (C=O) groups excluding carboxylic acids is 4. The molecule has 4 aliphatic rings. The van der Waals surface area contributed by atoms with Gasteiger partial charge in [-0.05, 0) is 85.8 Å². The van der Waals surface area contributed by atoms with Gasteiger partial charge in [0, 0.05) is 107 Å². The fourth-order valence-electron chi connectivity index (χ4n) is 12.3. The van der Waals surface area contributed by atoms with Crippen molar-refractivity contribution in [3.63, 3.8) is 0 Å². The average Bonchev–Trinajstić information content (AvgIpc) is 4.10. The first kappa shape index (κ1) is 61.8. The van der Waals surface area contributed by atoms with Crippen LogP contribution in [0.25, 0.3) is 0 Å². The molecule has 9 rings (SSSR count). The highest BCUT2D eigenvalue weighted by atomic mass is 35.5. The van der Waals surface area contributed by atoms with Crippen LogP contribution >= 0.6 is 11.6 Å². The molecule has 4 amide bonds. The van der Waals surface area contributed by atoms with Crippen molar-refractivity contribution in [2.45, 2.75) is 121 Å². The summed E-state index contributed by atoms with van der Waals surface area (Å²) in [6, 6.07) is 21.3. The SMILES string of the molecule is CCOc1cc(OC)ccc1CNCC(=O)N1CCCC(c2cccc(CN[C@@H](C(=O)NCc3cn(CCNCC(=O)NCCNC[C@@H](C(=O)N4CCN(c5ncnc6c5[C@H](C)C[C@H]6O)CC4)c4ccc(Cl)cc4)nn3)C3CCCCC3)c2)C1. The zero-order valence-corrected chi connectivity index (χ0v) is 49.8. The van der Waals surface area contributed by atoms with Crippen molar-refractivity contribution in [2.24, 2.45) is 5.92 Å². The Bertz CT molecular complexity index is 2950. The van der Waals surface area contributed by atoms with E-state index in [0.29, 0.717) is 108 Å². The lowest BCUT2D eigenvalue weighted by atomic mass is 9.83. The summed E-state index contributed by atoms with van der Waals surface area (Å²) in [6.45, 7) is 12.2. The summed E-state index contributed by atoms with van der Waals surface area (Å²) in [7, 11) is 1.63. The quantitative estimate of drug-likeness (QED) is 0.0328. The van der Waals surface area contributed by atoms with Gasteiger partial charge in [-0.25, -0.2) is 9.97 Å². The summed E-state index contributed by atoms with van der Waals surface area (Å²) in [5.74, 6) is 2.39. The lowest BCUT2D eigenvalue weighted by Gasteiger charge is -2.38. The van der Waals surface area contributed by atoms with E-state index in [1.807, 2.05) is 53.3 Å². The van der Waals surface area contributed by atoms with Crippen LogP contribution in [0.3, 0.4) is 0 Å². The number of aromatic nitrogens is 5. The van der Waals surface area contributed by atoms with Gasteiger partial charge >= 0.3 is 0 Å². The summed E-state index contributed by atoms with van der Waals surface area (Å²) in [5.41, 5.74) is 6.51. The van der Waals surface area contributed by atoms with Crippen LogP contribution in [0, 0.1) is 5.92 Å². The molecule has 4 heterocycles. The normalized spacial score (nSPS) is 18.9. The van der Waals surface area contributed by atoms with E-state index in [-0.39, 0.29) is 67.1 Å². The Morgan fingerprint density at radius 1 is 0.821 bits per heavy atom. The van der Waals surface area contributed by atoms with E-state index in [4.69, 9.17) is 21.1 Å². The molecule has 22 heteroatoms. The number of methoxy groups -OCH3 is 1. The van der Waals surface area contributed by atoms with Gasteiger partial charge in [0.05, 0.1) is 69.9 Å². The summed E-state index contributed by atoms with van der Waals surface area (Å²) in [6.07, 6.45) is 10.7. The second-order valence-electron chi connectivity index (χ2n) is 22.7. The Balaban J connectivity index is 0.671. The topological polar surface area (TPSA) is 245 Å². The van der Waals surface area contributed by atoms with E-state index >= 15 is 0 Å². The highest BCUT2D eigenvalue weighted by Gasteiger charge is 2.36. The number of fused-ring (bicyclic) bond motifs is 1. The molecule has 0 spiro atoms. The first-order valence-electron chi connectivity index (χ1n) is 30.2. The predicted molar refractivity (Wildman–Crippen MR) is 322 cm³/mol. The number of amides is 4. The van der Waals surface area contributed by atoms with Crippen LogP contribution in [0.5, 0.6) is 11.5 Å². The fraction of sp³-hybridized carbons (Fsp3) is 0.548. The van der Waals surface area contributed by atoms with E-state index in [2.05, 4.69) is 88.3 Å². The zero-order chi connectivity index (χ0) is 58.8. The molecular weight excluding hydrogens is 1090 g/mol. The summed E-state index contributed by atoms with van der Waals surface area (Å²) in [5, 5.41) is 39.4. The van der Waals surface area contributed by atoms with Crippen LogP contribution in [0.2, 0.25) is 5.02 Å². The zero-order valence-electron chi connectivity index (χ0n) is 49.0. The highest BCUT2D eigenvalue weighted by Crippen LogP contribution is 2.43. The number of anilines is 1. The molecule has 0 bridgehead atoms. The first-order valence-corrected chi connectivity index (χ1v) is 30.6. The maximum atomic E-state index is 14.1. The van der Waals surface area contributed by atoms with Crippen molar-refractivity contribution in [3.8, 4) is 11.5 Å². The predicted octanol–water partition coefficient (Wildman–Crippen LogP) is 4.95. The molecule has 7 N–H and O–H groups in total. The smallest absolute Gasteiger partial charge is 0.237 e. The number of rotatable bonds is 28. The van der Waals surface area contributed by atoms with Crippen molar-refractivity contribution in [1.82, 2.24) is 66.7 Å². The number of benzene rings is 3. The molecule has 2 aliphatic carbocycles. The third-order valence-electron chi connectivity index (χ3n) is 16.8. The number of piperidine rings is 1. The standard InChI is InChI=1S/C62H85ClN14O7/c1-4-84-54-32-51(83-3)20-17-47(54)34-66-38-56(80)76-24-9-14-48(39-76)46-13-8-10-43(31-46)33-68-58(45-11-6-5-7-12-45)61(81)69-35-50-40-77(73-72-50)25-23-65-37-55(79)67-22-21-64-36-52(44-15-18-49(63)19-16-44)62(82)75-28-26-74(27-29-75)60-57-42(2)30-53(78)59(57)70-41-71-60/h8,10,13,15-20,31-32,40-42,45,48,52-53,58,64-66,68,78H,4-7,9,11-12,14,21-30,33-39H2,1-3H3,(H,67,79)(H,69,81)/t42-,48?,52-,53-,58-/m1/s1. The number of piperazine rings is 1. The number of aliphatic hydroxyl groups is 1. The van der Waals surface area contributed by atoms with Gasteiger partial charge in [-0.2, -0.15) is 0 Å². The van der Waals surface area contributed by atoms with E-state index < -0.39 is 12.0 Å². The molecule has 0 radical (unpaired) electrons. The van der Waals surface area contributed by atoms with Crippen LogP contribution in [-0.2, 0) is 45.4 Å². The van der Waals surface area contributed by atoms with Gasteiger partial charge < -0.3 is 61.2 Å². The average molecular weight is 1170 g/mol. The van der Waals surface area contributed by atoms with E-state index in [9.17, 15) is 24.3 Å². The van der Waals surface area contributed by atoms with Gasteiger partial charge in [0.25, 0.3) is 0 Å². The molecule has 452 valence electrons. The molecule has 3 aromatic carbocycles. The van der Waals surface area contributed by atoms with E-state index in [1.54, 1.807) is 23.9 Å². The molecule has 2 aliphatic heterocycles. The van der Waals surface area contributed by atoms with Crippen LogP contribution in [-0.4, -0.2) is 162 Å². The number of hydrogen-bond acceptors (Lipinski definition) is 16. The van der Waals surface area contributed by atoms with Gasteiger partial charge in [-0.15, -0.1) is 5.10 Å². The lowest BCUT2D eigenvalue weighted by Crippen LogP contribution is -2.51. The van der Waals surface area contributed by atoms with Crippen LogP contribution < -0.4 is 46.3 Å². The molecule has 2 aromatic heterocycles. The molecule has 2 saturated heterocycles. The summed E-state index contributed by atoms with van der Waals surface area (Å²) in [4.78, 5) is 69.4. The second-order valence-corrected chi connectivity index (χ2v) is 23.1. The van der Waals surface area contributed by atoms with Crippen LogP contribution in [0.4, 0.5) is 5.82 Å². The molecule has 1 saturated carbocycles. The number of aliphatic hydroxyl groups excluding tert-OH is 1. The van der Waals surface area contributed by atoms with Gasteiger partial charge in [0.2, 0.25) is 23.6 Å². The Labute approximate surface area is 498 Å². The largest absolute Gasteiger partial charge is 0.497 e. The first-order chi connectivity index (χ1) is 40.9. The minimum absolute atomic E-state index is 0.0217. The van der Waals surface area contributed by atoms with Crippen LogP contribution in [0.15, 0.2) is 79.3 Å². The van der Waals surface area contributed by atoms with Crippen molar-refractivity contribution in [2.75, 3.05) is 97.2 Å². The second kappa shape index (κ2) is 30.9. The molecule has 1 unspecified atom stereocenters. The maximum Gasteiger partial charge on any atom is 0.237 e.